The van der Waals surface area contributed by atoms with Crippen molar-refractivity contribution in [3.05, 3.63) is 30.6 Å². The Kier molecular flexibility index (Phi) is 7.57. The molecule has 1 saturated heterocycles. The van der Waals surface area contributed by atoms with Crippen molar-refractivity contribution in [2.45, 2.75) is 45.1 Å². The molecule has 0 spiro atoms. The van der Waals surface area contributed by atoms with Crippen LogP contribution in [0, 0.1) is 5.41 Å². The second-order valence-corrected chi connectivity index (χ2v) is 8.97. The van der Waals surface area contributed by atoms with Gasteiger partial charge in [-0.3, -0.25) is 9.69 Å². The van der Waals surface area contributed by atoms with Gasteiger partial charge in [0.1, 0.15) is 12.9 Å². The predicted molar refractivity (Wildman–Crippen MR) is 119 cm³/mol. The average molecular weight is 443 g/mol. The van der Waals surface area contributed by atoms with Crippen molar-refractivity contribution < 1.29 is 14.3 Å². The minimum absolute atomic E-state index is 0.0234. The molecular weight excluding hydrogens is 408 g/mol. The number of para-hydroxylation sites is 2. The van der Waals surface area contributed by atoms with E-state index in [-0.39, 0.29) is 11.3 Å². The van der Waals surface area contributed by atoms with Gasteiger partial charge < -0.3 is 14.4 Å². The maximum absolute atomic E-state index is 13.2. The normalized spacial score (nSPS) is 19.0. The van der Waals surface area contributed by atoms with Gasteiger partial charge in [0.15, 0.2) is 11.5 Å². The molecular formula is C23H34N6O3. The maximum Gasteiger partial charge on any atom is 0.223 e. The van der Waals surface area contributed by atoms with Gasteiger partial charge in [-0.1, -0.05) is 31.4 Å². The summed E-state index contributed by atoms with van der Waals surface area (Å²) in [6.07, 6.45) is 7.99. The Morgan fingerprint density at radius 1 is 1.06 bits per heavy atom. The fourth-order valence-corrected chi connectivity index (χ4v) is 4.97. The third kappa shape index (κ3) is 5.76. The third-order valence-corrected chi connectivity index (χ3v) is 6.79. The summed E-state index contributed by atoms with van der Waals surface area (Å²) in [7, 11) is 1.65. The number of methoxy groups -OCH3 is 1. The van der Waals surface area contributed by atoms with E-state index >= 15 is 0 Å². The molecule has 1 saturated carbocycles. The summed E-state index contributed by atoms with van der Waals surface area (Å²) in [5.74, 6) is 1.79. The van der Waals surface area contributed by atoms with Crippen LogP contribution in [0.25, 0.3) is 0 Å². The summed E-state index contributed by atoms with van der Waals surface area (Å²) in [6, 6.07) is 7.70. The largest absolute Gasteiger partial charge is 0.493 e. The molecule has 1 aromatic carbocycles. The van der Waals surface area contributed by atoms with E-state index in [4.69, 9.17) is 9.47 Å². The van der Waals surface area contributed by atoms with Gasteiger partial charge in [-0.05, 0) is 40.8 Å². The SMILES string of the molecule is COc1ccccc1OCCN1CCN(C(=O)CC2(Cn3cnnn3)CCCCC2)CC1. The van der Waals surface area contributed by atoms with E-state index in [1.54, 1.807) is 18.1 Å². The van der Waals surface area contributed by atoms with Gasteiger partial charge >= 0.3 is 0 Å². The van der Waals surface area contributed by atoms with Crippen LogP contribution in [0.3, 0.4) is 0 Å². The number of carbonyl (C=O) groups excluding carboxylic acids is 1. The molecule has 32 heavy (non-hydrogen) atoms. The maximum atomic E-state index is 13.2. The Labute approximate surface area is 189 Å². The summed E-state index contributed by atoms with van der Waals surface area (Å²) in [4.78, 5) is 17.6. The van der Waals surface area contributed by atoms with E-state index in [1.165, 1.54) is 19.3 Å². The zero-order valence-electron chi connectivity index (χ0n) is 19.0. The van der Waals surface area contributed by atoms with E-state index in [2.05, 4.69) is 20.4 Å². The number of hydrogen-bond acceptors (Lipinski definition) is 7. The number of piperazine rings is 1. The smallest absolute Gasteiger partial charge is 0.223 e. The minimum atomic E-state index is -0.0234. The van der Waals surface area contributed by atoms with Crippen LogP contribution >= 0.6 is 0 Å². The van der Waals surface area contributed by atoms with Crippen molar-refractivity contribution in [3.63, 3.8) is 0 Å². The molecule has 0 atom stereocenters. The lowest BCUT2D eigenvalue weighted by Gasteiger charge is -2.40. The number of nitrogens with zero attached hydrogens (tertiary/aromatic N) is 6. The minimum Gasteiger partial charge on any atom is -0.493 e. The molecule has 2 fully saturated rings. The first-order valence-corrected chi connectivity index (χ1v) is 11.6. The summed E-state index contributed by atoms with van der Waals surface area (Å²) >= 11 is 0. The Morgan fingerprint density at radius 3 is 2.50 bits per heavy atom. The fourth-order valence-electron chi connectivity index (χ4n) is 4.97. The molecule has 174 valence electrons. The zero-order valence-corrected chi connectivity index (χ0v) is 19.0. The van der Waals surface area contributed by atoms with E-state index in [0.29, 0.717) is 13.0 Å². The number of tetrazole rings is 1. The van der Waals surface area contributed by atoms with Gasteiger partial charge in [0, 0.05) is 39.1 Å². The Morgan fingerprint density at radius 2 is 1.81 bits per heavy atom. The number of hydrogen-bond donors (Lipinski definition) is 0. The third-order valence-electron chi connectivity index (χ3n) is 6.79. The molecule has 2 heterocycles. The van der Waals surface area contributed by atoms with Crippen LogP contribution in [0.15, 0.2) is 30.6 Å². The van der Waals surface area contributed by atoms with Crippen molar-refractivity contribution in [3.8, 4) is 11.5 Å². The summed E-state index contributed by atoms with van der Waals surface area (Å²) in [5, 5.41) is 11.6. The lowest BCUT2D eigenvalue weighted by Crippen LogP contribution is -2.50. The van der Waals surface area contributed by atoms with Crippen LogP contribution in [0.2, 0.25) is 0 Å². The predicted octanol–water partition coefficient (Wildman–Crippen LogP) is 2.25. The van der Waals surface area contributed by atoms with Gasteiger partial charge in [-0.15, -0.1) is 5.10 Å². The number of benzene rings is 1. The van der Waals surface area contributed by atoms with Crippen LogP contribution in [0.1, 0.15) is 38.5 Å². The summed E-state index contributed by atoms with van der Waals surface area (Å²) < 4.78 is 13.0. The molecule has 0 N–H and O–H groups in total. The molecule has 9 nitrogen and oxygen atoms in total. The van der Waals surface area contributed by atoms with Gasteiger partial charge in [-0.25, -0.2) is 4.68 Å². The first-order valence-electron chi connectivity index (χ1n) is 11.6. The van der Waals surface area contributed by atoms with E-state index < -0.39 is 0 Å². The lowest BCUT2D eigenvalue weighted by atomic mass is 9.71. The topological polar surface area (TPSA) is 85.6 Å². The molecule has 0 bridgehead atoms. The molecule has 9 heteroatoms. The molecule has 0 radical (unpaired) electrons. The quantitative estimate of drug-likeness (QED) is 0.589. The van der Waals surface area contributed by atoms with Crippen LogP contribution < -0.4 is 9.47 Å². The van der Waals surface area contributed by atoms with E-state index in [9.17, 15) is 4.79 Å². The van der Waals surface area contributed by atoms with Gasteiger partial charge in [0.05, 0.1) is 13.7 Å². The molecule has 1 aromatic heterocycles. The van der Waals surface area contributed by atoms with Crippen LogP contribution in [-0.4, -0.2) is 82.4 Å². The van der Waals surface area contributed by atoms with E-state index in [1.807, 2.05) is 29.2 Å². The van der Waals surface area contributed by atoms with Crippen molar-refractivity contribution in [1.29, 1.82) is 0 Å². The Bertz CT molecular complexity index is 845. The first-order chi connectivity index (χ1) is 15.7. The van der Waals surface area contributed by atoms with Crippen molar-refractivity contribution in [2.75, 3.05) is 46.4 Å². The average Bonchev–Trinajstić information content (AvgIpc) is 3.33. The highest BCUT2D eigenvalue weighted by Crippen LogP contribution is 2.41. The number of aromatic nitrogens is 4. The second-order valence-electron chi connectivity index (χ2n) is 8.97. The highest BCUT2D eigenvalue weighted by Gasteiger charge is 2.37. The number of rotatable bonds is 9. The monoisotopic (exact) mass is 442 g/mol. The highest BCUT2D eigenvalue weighted by molar-refractivity contribution is 5.77. The molecule has 4 rings (SSSR count). The molecule has 2 aromatic rings. The Hall–Kier alpha value is -2.68. The van der Waals surface area contributed by atoms with Crippen LogP contribution in [-0.2, 0) is 11.3 Å². The van der Waals surface area contributed by atoms with Crippen LogP contribution in [0.5, 0.6) is 11.5 Å². The van der Waals surface area contributed by atoms with Crippen molar-refractivity contribution in [1.82, 2.24) is 30.0 Å². The first kappa shape index (κ1) is 22.5. The van der Waals surface area contributed by atoms with Crippen molar-refractivity contribution >= 4 is 5.91 Å². The molecule has 2 aliphatic rings. The van der Waals surface area contributed by atoms with E-state index in [0.717, 1.165) is 63.6 Å². The van der Waals surface area contributed by atoms with Gasteiger partial charge in [0.2, 0.25) is 5.91 Å². The number of amides is 1. The molecule has 1 aliphatic carbocycles. The van der Waals surface area contributed by atoms with Gasteiger partial charge in [0.25, 0.3) is 0 Å². The van der Waals surface area contributed by atoms with Crippen LogP contribution in [0.4, 0.5) is 0 Å². The summed E-state index contributed by atoms with van der Waals surface area (Å²) in [6.45, 7) is 5.46. The summed E-state index contributed by atoms with van der Waals surface area (Å²) in [5.41, 5.74) is -0.0234. The zero-order chi connectivity index (χ0) is 22.2. The highest BCUT2D eigenvalue weighted by atomic mass is 16.5. The molecule has 1 aliphatic heterocycles. The Balaban J connectivity index is 1.24. The second kappa shape index (κ2) is 10.8. The van der Waals surface area contributed by atoms with Crippen molar-refractivity contribution in [2.24, 2.45) is 5.41 Å². The standard InChI is InChI=1S/C23H34N6O3/c1-31-20-7-3-4-8-21(20)32-16-15-27-11-13-28(14-12-27)22(30)17-23(9-5-2-6-10-23)18-29-19-24-25-26-29/h3-4,7-8,19H,2,5-6,9-18H2,1H3. The number of ether oxygens (including phenoxy) is 2. The fraction of sp³-hybridized carbons (Fsp3) is 0.652. The molecule has 0 unspecified atom stereocenters. The van der Waals surface area contributed by atoms with Gasteiger partial charge in [-0.2, -0.15) is 0 Å². The molecule has 1 amide bonds. The number of carbonyl (C=O) groups is 1. The lowest BCUT2D eigenvalue weighted by molar-refractivity contribution is -0.136.